The number of benzene rings is 3. The van der Waals surface area contributed by atoms with Crippen LogP contribution in [0.15, 0.2) is 78.9 Å². The van der Waals surface area contributed by atoms with Gasteiger partial charge in [0.15, 0.2) is 0 Å². The van der Waals surface area contributed by atoms with Crippen molar-refractivity contribution in [1.29, 1.82) is 0 Å². The number of halogens is 1. The Balaban J connectivity index is 1.69. The van der Waals surface area contributed by atoms with Gasteiger partial charge in [-0.2, -0.15) is 0 Å². The zero-order valence-electron chi connectivity index (χ0n) is 15.9. The molecule has 0 aromatic heterocycles. The van der Waals surface area contributed by atoms with Crippen LogP contribution in [0.2, 0.25) is 5.02 Å². The van der Waals surface area contributed by atoms with E-state index in [1.165, 1.54) is 10.6 Å². The maximum Gasteiger partial charge on any atom is 0.251 e. The number of nitrogens with zero attached hydrogens (tertiary/aromatic N) is 1. The third-order valence-electron chi connectivity index (χ3n) is 4.38. The molecule has 0 aliphatic rings. The molecule has 5 nitrogen and oxygen atoms in total. The molecule has 0 bridgehead atoms. The molecule has 29 heavy (non-hydrogen) atoms. The lowest BCUT2D eigenvalue weighted by atomic mass is 10.1. The molecule has 0 atom stereocenters. The van der Waals surface area contributed by atoms with Crippen molar-refractivity contribution in [2.45, 2.75) is 13.1 Å². The van der Waals surface area contributed by atoms with Crippen molar-refractivity contribution < 1.29 is 13.2 Å². The van der Waals surface area contributed by atoms with Crippen LogP contribution >= 0.6 is 11.6 Å². The van der Waals surface area contributed by atoms with Crippen LogP contribution < -0.4 is 9.62 Å². The summed E-state index contributed by atoms with van der Waals surface area (Å²) in [7, 11) is -3.44. The molecule has 3 aromatic rings. The summed E-state index contributed by atoms with van der Waals surface area (Å²) in [5, 5.41) is 3.44. The molecule has 3 rings (SSSR count). The molecular weight excluding hydrogens is 408 g/mol. The lowest BCUT2D eigenvalue weighted by Gasteiger charge is -2.22. The van der Waals surface area contributed by atoms with Crippen molar-refractivity contribution in [1.82, 2.24) is 5.32 Å². The molecule has 0 saturated heterocycles. The molecule has 0 saturated carbocycles. The van der Waals surface area contributed by atoms with E-state index in [1.807, 2.05) is 24.3 Å². The molecule has 3 aromatic carbocycles. The van der Waals surface area contributed by atoms with E-state index in [1.54, 1.807) is 54.6 Å². The van der Waals surface area contributed by atoms with Crippen molar-refractivity contribution in [3.8, 4) is 0 Å². The van der Waals surface area contributed by atoms with Crippen LogP contribution in [0, 0.1) is 0 Å². The summed E-state index contributed by atoms with van der Waals surface area (Å²) in [6, 6.07) is 23.1. The Morgan fingerprint density at radius 3 is 2.17 bits per heavy atom. The third kappa shape index (κ3) is 5.59. The molecule has 1 N–H and O–H groups in total. The topological polar surface area (TPSA) is 66.5 Å². The summed E-state index contributed by atoms with van der Waals surface area (Å²) in [4.78, 5) is 12.4. The second-order valence-electron chi connectivity index (χ2n) is 6.58. The van der Waals surface area contributed by atoms with Crippen molar-refractivity contribution in [3.05, 3.63) is 101 Å². The fourth-order valence-electron chi connectivity index (χ4n) is 2.84. The van der Waals surface area contributed by atoms with Crippen LogP contribution in [0.3, 0.4) is 0 Å². The highest BCUT2D eigenvalue weighted by Crippen LogP contribution is 2.20. The van der Waals surface area contributed by atoms with Crippen molar-refractivity contribution in [2.75, 3.05) is 10.6 Å². The summed E-state index contributed by atoms with van der Waals surface area (Å²) in [6.45, 7) is 0.514. The monoisotopic (exact) mass is 428 g/mol. The van der Waals surface area contributed by atoms with Crippen LogP contribution in [-0.2, 0) is 23.1 Å². The van der Waals surface area contributed by atoms with Crippen molar-refractivity contribution in [2.24, 2.45) is 0 Å². The Bertz CT molecular complexity index is 1080. The molecule has 0 unspecified atom stereocenters. The molecular formula is C22H21ClN2O3S. The van der Waals surface area contributed by atoms with E-state index in [0.717, 1.165) is 11.1 Å². The van der Waals surface area contributed by atoms with E-state index in [2.05, 4.69) is 5.32 Å². The van der Waals surface area contributed by atoms with Crippen LogP contribution in [-0.4, -0.2) is 20.6 Å². The fourth-order valence-corrected chi connectivity index (χ4v) is 3.93. The highest BCUT2D eigenvalue weighted by atomic mass is 35.5. The van der Waals surface area contributed by atoms with Gasteiger partial charge in [-0.1, -0.05) is 60.1 Å². The van der Waals surface area contributed by atoms with E-state index in [4.69, 9.17) is 11.6 Å². The minimum atomic E-state index is -3.44. The molecule has 150 valence electrons. The van der Waals surface area contributed by atoms with Crippen molar-refractivity contribution >= 4 is 33.2 Å². The van der Waals surface area contributed by atoms with Crippen LogP contribution in [0.1, 0.15) is 21.5 Å². The fraction of sp³-hybridized carbons (Fsp3) is 0.136. The molecule has 0 aliphatic heterocycles. The summed E-state index contributed by atoms with van der Waals surface area (Å²) < 4.78 is 25.8. The minimum absolute atomic E-state index is 0.185. The lowest BCUT2D eigenvalue weighted by Crippen LogP contribution is -2.29. The zero-order valence-corrected chi connectivity index (χ0v) is 17.5. The Hall–Kier alpha value is -2.83. The van der Waals surface area contributed by atoms with Gasteiger partial charge in [0.05, 0.1) is 18.5 Å². The highest BCUT2D eigenvalue weighted by Gasteiger charge is 2.17. The summed E-state index contributed by atoms with van der Waals surface area (Å²) >= 11 is 6.11. The first-order valence-electron chi connectivity index (χ1n) is 8.98. The number of nitrogens with one attached hydrogen (secondary N) is 1. The van der Waals surface area contributed by atoms with E-state index in [-0.39, 0.29) is 12.5 Å². The first-order valence-corrected chi connectivity index (χ1v) is 11.2. The van der Waals surface area contributed by atoms with Crippen LogP contribution in [0.4, 0.5) is 5.69 Å². The summed E-state index contributed by atoms with van der Waals surface area (Å²) in [5.41, 5.74) is 2.70. The summed E-state index contributed by atoms with van der Waals surface area (Å²) in [6.07, 6.45) is 1.18. The minimum Gasteiger partial charge on any atom is -0.348 e. The predicted octanol–water partition coefficient (Wildman–Crippen LogP) is 4.24. The highest BCUT2D eigenvalue weighted by molar-refractivity contribution is 7.92. The quantitative estimate of drug-likeness (QED) is 0.612. The number of carbonyl (C=O) groups is 1. The van der Waals surface area contributed by atoms with Gasteiger partial charge in [-0.3, -0.25) is 9.10 Å². The van der Waals surface area contributed by atoms with E-state index in [9.17, 15) is 13.2 Å². The normalized spacial score (nSPS) is 11.1. The van der Waals surface area contributed by atoms with Crippen molar-refractivity contribution in [3.63, 3.8) is 0 Å². The smallest absolute Gasteiger partial charge is 0.251 e. The number of hydrogen-bond donors (Lipinski definition) is 1. The standard InChI is InChI=1S/C22H21ClN2O3S/c1-29(27,28)25(20-8-3-2-4-9-20)16-17-11-13-18(14-12-17)22(26)24-15-19-7-5-6-10-21(19)23/h2-14H,15-16H2,1H3,(H,24,26). The van der Waals surface area contributed by atoms with E-state index in [0.29, 0.717) is 22.8 Å². The Morgan fingerprint density at radius 1 is 0.931 bits per heavy atom. The largest absolute Gasteiger partial charge is 0.348 e. The summed E-state index contributed by atoms with van der Waals surface area (Å²) in [5.74, 6) is -0.223. The van der Waals surface area contributed by atoms with Gasteiger partial charge in [-0.25, -0.2) is 8.42 Å². The Labute approximate surface area is 176 Å². The van der Waals surface area contributed by atoms with Gasteiger partial charge < -0.3 is 5.32 Å². The Kier molecular flexibility index (Phi) is 6.56. The predicted molar refractivity (Wildman–Crippen MR) is 117 cm³/mol. The molecule has 0 radical (unpaired) electrons. The van der Waals surface area contributed by atoms with Gasteiger partial charge in [0.2, 0.25) is 10.0 Å². The molecule has 0 aliphatic carbocycles. The Morgan fingerprint density at radius 2 is 1.55 bits per heavy atom. The van der Waals surface area contributed by atoms with E-state index < -0.39 is 10.0 Å². The SMILES string of the molecule is CS(=O)(=O)N(Cc1ccc(C(=O)NCc2ccccc2Cl)cc1)c1ccccc1. The number of sulfonamides is 1. The number of amides is 1. The molecule has 0 fully saturated rings. The maximum absolute atomic E-state index is 12.4. The lowest BCUT2D eigenvalue weighted by molar-refractivity contribution is 0.0951. The second kappa shape index (κ2) is 9.11. The third-order valence-corrected chi connectivity index (χ3v) is 5.89. The molecule has 0 heterocycles. The molecule has 1 amide bonds. The van der Waals surface area contributed by atoms with Crippen LogP contribution in [0.25, 0.3) is 0 Å². The number of hydrogen-bond acceptors (Lipinski definition) is 3. The van der Waals surface area contributed by atoms with Gasteiger partial charge in [-0.15, -0.1) is 0 Å². The number of carbonyl (C=O) groups excluding carboxylic acids is 1. The average molecular weight is 429 g/mol. The first kappa shape index (κ1) is 20.9. The number of anilines is 1. The van der Waals surface area contributed by atoms with Gasteiger partial charge in [0.1, 0.15) is 0 Å². The van der Waals surface area contributed by atoms with E-state index >= 15 is 0 Å². The molecule has 7 heteroatoms. The number of para-hydroxylation sites is 1. The van der Waals surface area contributed by atoms with Gasteiger partial charge in [0, 0.05) is 17.1 Å². The first-order chi connectivity index (χ1) is 13.8. The van der Waals surface area contributed by atoms with Crippen LogP contribution in [0.5, 0.6) is 0 Å². The average Bonchev–Trinajstić information content (AvgIpc) is 2.71. The number of rotatable bonds is 7. The van der Waals surface area contributed by atoms with Gasteiger partial charge >= 0.3 is 0 Å². The van der Waals surface area contributed by atoms with Gasteiger partial charge in [-0.05, 0) is 41.5 Å². The second-order valence-corrected chi connectivity index (χ2v) is 8.89. The van der Waals surface area contributed by atoms with Gasteiger partial charge in [0.25, 0.3) is 5.91 Å². The maximum atomic E-state index is 12.4. The zero-order chi connectivity index (χ0) is 20.9. The molecule has 0 spiro atoms.